The van der Waals surface area contributed by atoms with E-state index in [1.807, 2.05) is 36.5 Å². The summed E-state index contributed by atoms with van der Waals surface area (Å²) in [5, 5.41) is 4.38. The summed E-state index contributed by atoms with van der Waals surface area (Å²) in [5.41, 5.74) is 5.97. The Morgan fingerprint density at radius 3 is 2.67 bits per heavy atom. The fourth-order valence-electron chi connectivity index (χ4n) is 2.05. The molecular weight excluding hydrogens is 296 g/mol. The number of nitrogens with one attached hydrogen (secondary N) is 1. The van der Waals surface area contributed by atoms with Crippen LogP contribution in [0.5, 0.6) is 0 Å². The second kappa shape index (κ2) is 5.21. The van der Waals surface area contributed by atoms with Gasteiger partial charge in [0.15, 0.2) is 0 Å². The first-order valence-electron chi connectivity index (χ1n) is 5.65. The largest absolute Gasteiger partial charge is 0.336 e. The molecule has 3 N–H and O–H groups in total. The molecule has 0 saturated carbocycles. The van der Waals surface area contributed by atoms with Gasteiger partial charge in [0.1, 0.15) is 0 Å². The maximum absolute atomic E-state index is 5.65. The maximum Gasteiger partial charge on any atom is 0.0946 e. The van der Waals surface area contributed by atoms with E-state index in [-0.39, 0.29) is 6.04 Å². The molecule has 0 aliphatic heterocycles. The minimum Gasteiger partial charge on any atom is -0.336 e. The Balaban J connectivity index is 2.29. The van der Waals surface area contributed by atoms with Gasteiger partial charge in [0, 0.05) is 26.7 Å². The highest BCUT2D eigenvalue weighted by atomic mass is 79.9. The third-order valence-electron chi connectivity index (χ3n) is 3.07. The van der Waals surface area contributed by atoms with Crippen molar-refractivity contribution in [3.05, 3.63) is 34.1 Å². The van der Waals surface area contributed by atoms with Crippen molar-refractivity contribution in [2.24, 2.45) is 19.9 Å². The predicted octanol–water partition coefficient (Wildman–Crippen LogP) is 0.972. The van der Waals surface area contributed by atoms with E-state index in [1.165, 1.54) is 0 Å². The minimum absolute atomic E-state index is 0.00333. The number of hydrogen-bond acceptors (Lipinski definition) is 4. The maximum atomic E-state index is 5.65. The van der Waals surface area contributed by atoms with Gasteiger partial charge in [-0.2, -0.15) is 5.10 Å². The zero-order valence-corrected chi connectivity index (χ0v) is 12.3. The molecule has 0 fully saturated rings. The van der Waals surface area contributed by atoms with Gasteiger partial charge < -0.3 is 4.57 Å². The van der Waals surface area contributed by atoms with Crippen LogP contribution in [-0.4, -0.2) is 19.3 Å². The molecule has 0 amide bonds. The van der Waals surface area contributed by atoms with Gasteiger partial charge in [0.2, 0.25) is 0 Å². The van der Waals surface area contributed by atoms with E-state index in [4.69, 9.17) is 5.84 Å². The molecule has 2 rings (SSSR count). The van der Waals surface area contributed by atoms with Crippen LogP contribution in [0.1, 0.15) is 23.1 Å². The first kappa shape index (κ1) is 13.3. The van der Waals surface area contributed by atoms with Gasteiger partial charge in [-0.1, -0.05) is 0 Å². The fraction of sp³-hybridized carbons (Fsp3) is 0.455. The zero-order valence-electron chi connectivity index (χ0n) is 10.7. The van der Waals surface area contributed by atoms with Crippen LogP contribution >= 0.6 is 15.9 Å². The lowest BCUT2D eigenvalue weighted by Crippen LogP contribution is -2.31. The van der Waals surface area contributed by atoms with Crippen LogP contribution in [0, 0.1) is 6.92 Å². The van der Waals surface area contributed by atoms with Crippen LogP contribution in [0.3, 0.4) is 0 Å². The molecule has 0 aliphatic rings. The summed E-state index contributed by atoms with van der Waals surface area (Å²) in [4.78, 5) is 4.12. The zero-order chi connectivity index (χ0) is 13.3. The van der Waals surface area contributed by atoms with Crippen molar-refractivity contribution in [3.63, 3.8) is 0 Å². The van der Waals surface area contributed by atoms with Crippen molar-refractivity contribution in [3.8, 4) is 0 Å². The number of hydrogen-bond donors (Lipinski definition) is 2. The molecule has 0 spiro atoms. The Morgan fingerprint density at radius 1 is 1.50 bits per heavy atom. The highest BCUT2D eigenvalue weighted by Gasteiger charge is 2.19. The van der Waals surface area contributed by atoms with Crippen LogP contribution < -0.4 is 11.3 Å². The number of halogens is 1. The predicted molar refractivity (Wildman–Crippen MR) is 72.6 cm³/mol. The number of aromatic nitrogens is 4. The van der Waals surface area contributed by atoms with Crippen molar-refractivity contribution in [2.75, 3.05) is 0 Å². The van der Waals surface area contributed by atoms with E-state index < -0.39 is 0 Å². The molecule has 6 nitrogen and oxygen atoms in total. The average molecular weight is 313 g/mol. The van der Waals surface area contributed by atoms with Crippen LogP contribution in [-0.2, 0) is 20.5 Å². The molecular formula is C11H17BrN6. The fourth-order valence-corrected chi connectivity index (χ4v) is 2.55. The highest BCUT2D eigenvalue weighted by molar-refractivity contribution is 9.10. The highest BCUT2D eigenvalue weighted by Crippen LogP contribution is 2.25. The SMILES string of the molecule is Cc1nn(C)c(CC(NN)c2cncn2C)c1Br. The summed E-state index contributed by atoms with van der Waals surface area (Å²) in [6.07, 6.45) is 4.33. The average Bonchev–Trinajstić information content (AvgIpc) is 2.84. The van der Waals surface area contributed by atoms with Crippen LogP contribution in [0.4, 0.5) is 0 Å². The van der Waals surface area contributed by atoms with Crippen LogP contribution in [0.25, 0.3) is 0 Å². The van der Waals surface area contributed by atoms with E-state index in [0.717, 1.165) is 28.0 Å². The van der Waals surface area contributed by atoms with E-state index in [9.17, 15) is 0 Å². The summed E-state index contributed by atoms with van der Waals surface area (Å²) in [5.74, 6) is 5.65. The summed E-state index contributed by atoms with van der Waals surface area (Å²) < 4.78 is 4.87. The Bertz CT molecular complexity index is 544. The molecule has 1 atom stereocenters. The smallest absolute Gasteiger partial charge is 0.0946 e. The van der Waals surface area contributed by atoms with E-state index >= 15 is 0 Å². The third kappa shape index (κ3) is 2.33. The van der Waals surface area contributed by atoms with E-state index in [1.54, 1.807) is 6.33 Å². The molecule has 0 aliphatic carbocycles. The van der Waals surface area contributed by atoms with E-state index in [2.05, 4.69) is 31.4 Å². The molecule has 2 heterocycles. The number of imidazole rings is 1. The third-order valence-corrected chi connectivity index (χ3v) is 4.10. The molecule has 7 heteroatoms. The minimum atomic E-state index is 0.00333. The Hall–Kier alpha value is -1.18. The summed E-state index contributed by atoms with van der Waals surface area (Å²) in [7, 11) is 3.89. The Labute approximate surface area is 114 Å². The van der Waals surface area contributed by atoms with Crippen molar-refractivity contribution in [1.82, 2.24) is 24.8 Å². The number of nitrogens with two attached hydrogens (primary N) is 1. The van der Waals surface area contributed by atoms with E-state index in [0.29, 0.717) is 0 Å². The number of hydrazine groups is 1. The normalized spacial score (nSPS) is 12.9. The van der Waals surface area contributed by atoms with Crippen molar-refractivity contribution >= 4 is 15.9 Å². The quantitative estimate of drug-likeness (QED) is 0.652. The monoisotopic (exact) mass is 312 g/mol. The van der Waals surface area contributed by atoms with Gasteiger partial charge >= 0.3 is 0 Å². The topological polar surface area (TPSA) is 73.7 Å². The molecule has 0 radical (unpaired) electrons. The lowest BCUT2D eigenvalue weighted by molar-refractivity contribution is 0.504. The van der Waals surface area contributed by atoms with Crippen LogP contribution in [0.2, 0.25) is 0 Å². The summed E-state index contributed by atoms with van der Waals surface area (Å²) in [6.45, 7) is 1.97. The van der Waals surface area contributed by atoms with Gasteiger partial charge in [-0.3, -0.25) is 16.0 Å². The van der Waals surface area contributed by atoms with Crippen LogP contribution in [0.15, 0.2) is 17.0 Å². The van der Waals surface area contributed by atoms with Crippen molar-refractivity contribution in [1.29, 1.82) is 0 Å². The molecule has 18 heavy (non-hydrogen) atoms. The summed E-state index contributed by atoms with van der Waals surface area (Å²) >= 11 is 3.57. The van der Waals surface area contributed by atoms with Gasteiger partial charge in [0.05, 0.1) is 33.9 Å². The van der Waals surface area contributed by atoms with Crippen molar-refractivity contribution in [2.45, 2.75) is 19.4 Å². The second-order valence-corrected chi connectivity index (χ2v) is 5.12. The number of aryl methyl sites for hydroxylation is 3. The summed E-state index contributed by atoms with van der Waals surface area (Å²) in [6, 6.07) is 0.00333. The van der Waals surface area contributed by atoms with Crippen molar-refractivity contribution < 1.29 is 0 Å². The van der Waals surface area contributed by atoms with Gasteiger partial charge in [-0.25, -0.2) is 4.98 Å². The Morgan fingerprint density at radius 2 is 2.22 bits per heavy atom. The molecule has 0 aromatic carbocycles. The lowest BCUT2D eigenvalue weighted by Gasteiger charge is -2.16. The van der Waals surface area contributed by atoms with Gasteiger partial charge in [-0.15, -0.1) is 0 Å². The number of rotatable bonds is 4. The first-order valence-corrected chi connectivity index (χ1v) is 6.44. The number of nitrogens with zero attached hydrogens (tertiary/aromatic N) is 4. The van der Waals surface area contributed by atoms with Gasteiger partial charge in [0.25, 0.3) is 0 Å². The first-order chi connectivity index (χ1) is 8.54. The second-order valence-electron chi connectivity index (χ2n) is 4.32. The van der Waals surface area contributed by atoms with Gasteiger partial charge in [-0.05, 0) is 22.9 Å². The standard InChI is InChI=1S/C11H17BrN6/c1-7-11(12)9(18(3)16-7)4-8(15-13)10-5-14-6-17(10)2/h5-6,8,15H,4,13H2,1-3H3. The molecule has 0 saturated heterocycles. The molecule has 98 valence electrons. The molecule has 0 bridgehead atoms. The lowest BCUT2D eigenvalue weighted by atomic mass is 10.1. The molecule has 2 aromatic heterocycles. The Kier molecular flexibility index (Phi) is 3.84. The molecule has 2 aromatic rings. The molecule has 1 unspecified atom stereocenters.